The van der Waals surface area contributed by atoms with E-state index in [1.165, 1.54) is 24.4 Å². The second-order valence-corrected chi connectivity index (χ2v) is 9.13. The first-order chi connectivity index (χ1) is 19.0. The average molecular weight is 521 g/mol. The third-order valence-corrected chi connectivity index (χ3v) is 6.75. The molecular weight excluding hydrogens is 496 g/mol. The molecule has 1 amide bonds. The van der Waals surface area contributed by atoms with E-state index < -0.39 is 5.97 Å². The molecule has 2 N–H and O–H groups in total. The number of esters is 1. The standard InChI is InChI=1S/C29H24N6O4/c1-39-29(38)20-8-10-22-23(13-20)33-28(37)26(22)27(19-5-3-2-4-6-19)32-21-9-7-18-11-12-35(24(18)14-21)25(36)15-34-17-30-16-31-34/h2-10,13-14,16-17,33,37H,11-12,15H2,1H3. The fourth-order valence-corrected chi connectivity index (χ4v) is 4.89. The number of benzene rings is 3. The number of aromatic amines is 1. The van der Waals surface area contributed by atoms with Crippen LogP contribution in [0.15, 0.2) is 84.4 Å². The molecule has 0 saturated carbocycles. The molecule has 1 aliphatic heterocycles. The number of amides is 1. The number of nitrogens with zero attached hydrogens (tertiary/aromatic N) is 5. The minimum atomic E-state index is -0.467. The molecule has 3 aromatic carbocycles. The van der Waals surface area contributed by atoms with Crippen LogP contribution in [-0.4, -0.2) is 56.1 Å². The number of aliphatic imine (C=N–C) groups is 1. The molecule has 0 bridgehead atoms. The van der Waals surface area contributed by atoms with Gasteiger partial charge in [0.15, 0.2) is 5.88 Å². The highest BCUT2D eigenvalue weighted by atomic mass is 16.5. The summed E-state index contributed by atoms with van der Waals surface area (Å²) in [5.74, 6) is -0.620. The summed E-state index contributed by atoms with van der Waals surface area (Å²) in [6.07, 6.45) is 3.67. The van der Waals surface area contributed by atoms with E-state index in [-0.39, 0.29) is 18.3 Å². The molecule has 6 rings (SSSR count). The van der Waals surface area contributed by atoms with Gasteiger partial charge in [0.05, 0.1) is 29.6 Å². The van der Waals surface area contributed by atoms with E-state index in [4.69, 9.17) is 9.73 Å². The Labute approximate surface area is 223 Å². The van der Waals surface area contributed by atoms with Crippen molar-refractivity contribution in [2.45, 2.75) is 13.0 Å². The number of rotatable bonds is 6. The van der Waals surface area contributed by atoms with Crippen LogP contribution in [0.2, 0.25) is 0 Å². The normalized spacial score (nSPS) is 13.1. The number of H-pyrrole nitrogens is 1. The molecule has 0 saturated heterocycles. The number of nitrogens with one attached hydrogen (secondary N) is 1. The van der Waals surface area contributed by atoms with Gasteiger partial charge in [0.25, 0.3) is 0 Å². The Morgan fingerprint density at radius 1 is 1.08 bits per heavy atom. The summed E-state index contributed by atoms with van der Waals surface area (Å²) in [4.78, 5) is 38.7. The lowest BCUT2D eigenvalue weighted by atomic mass is 10.00. The van der Waals surface area contributed by atoms with Crippen molar-refractivity contribution < 1.29 is 19.4 Å². The van der Waals surface area contributed by atoms with E-state index in [9.17, 15) is 14.7 Å². The summed E-state index contributed by atoms with van der Waals surface area (Å²) in [5, 5.41) is 15.7. The highest BCUT2D eigenvalue weighted by Crippen LogP contribution is 2.35. The van der Waals surface area contributed by atoms with Crippen LogP contribution in [0.3, 0.4) is 0 Å². The van der Waals surface area contributed by atoms with E-state index in [0.717, 1.165) is 23.2 Å². The van der Waals surface area contributed by atoms with Gasteiger partial charge in [-0.05, 0) is 36.2 Å². The Morgan fingerprint density at radius 3 is 2.69 bits per heavy atom. The zero-order valence-electron chi connectivity index (χ0n) is 21.0. The lowest BCUT2D eigenvalue weighted by Crippen LogP contribution is -2.32. The first-order valence-electron chi connectivity index (χ1n) is 12.3. The van der Waals surface area contributed by atoms with Crippen LogP contribution in [0.5, 0.6) is 5.88 Å². The van der Waals surface area contributed by atoms with Gasteiger partial charge >= 0.3 is 5.97 Å². The fraction of sp³-hybridized carbons (Fsp3) is 0.138. The van der Waals surface area contributed by atoms with Crippen molar-refractivity contribution in [3.63, 3.8) is 0 Å². The number of anilines is 1. The number of hydrogen-bond donors (Lipinski definition) is 2. The number of fused-ring (bicyclic) bond motifs is 2. The summed E-state index contributed by atoms with van der Waals surface area (Å²) in [5.41, 5.74) is 5.29. The molecule has 0 spiro atoms. The molecule has 0 aliphatic carbocycles. The zero-order chi connectivity index (χ0) is 26.9. The van der Waals surface area contributed by atoms with Crippen molar-refractivity contribution in [2.24, 2.45) is 4.99 Å². The minimum absolute atomic E-state index is 0.0691. The molecule has 1 aliphatic rings. The van der Waals surface area contributed by atoms with Crippen LogP contribution in [-0.2, 0) is 22.5 Å². The second-order valence-electron chi connectivity index (χ2n) is 9.13. The number of carbonyl (C=O) groups is 2. The van der Waals surface area contributed by atoms with Crippen molar-refractivity contribution in [3.8, 4) is 5.88 Å². The van der Waals surface area contributed by atoms with Gasteiger partial charge in [0.2, 0.25) is 5.91 Å². The molecule has 194 valence electrons. The average Bonchev–Trinajstić information content (AvgIpc) is 3.69. The van der Waals surface area contributed by atoms with Crippen molar-refractivity contribution in [3.05, 3.63) is 102 Å². The maximum absolute atomic E-state index is 13.0. The van der Waals surface area contributed by atoms with Gasteiger partial charge < -0.3 is 19.7 Å². The monoisotopic (exact) mass is 520 g/mol. The molecule has 10 heteroatoms. The van der Waals surface area contributed by atoms with Gasteiger partial charge in [-0.3, -0.25) is 4.79 Å². The first kappa shape index (κ1) is 24.1. The van der Waals surface area contributed by atoms with E-state index >= 15 is 0 Å². The van der Waals surface area contributed by atoms with Crippen molar-refractivity contribution in [1.29, 1.82) is 0 Å². The molecule has 2 aromatic heterocycles. The van der Waals surface area contributed by atoms with E-state index in [0.29, 0.717) is 40.0 Å². The van der Waals surface area contributed by atoms with Gasteiger partial charge in [-0.15, -0.1) is 0 Å². The molecule has 0 fully saturated rings. The highest BCUT2D eigenvalue weighted by Gasteiger charge is 2.26. The van der Waals surface area contributed by atoms with Gasteiger partial charge in [-0.25, -0.2) is 19.5 Å². The first-order valence-corrected chi connectivity index (χ1v) is 12.3. The van der Waals surface area contributed by atoms with Crippen LogP contribution in [0.1, 0.15) is 27.0 Å². The Kier molecular flexibility index (Phi) is 6.12. The number of aromatic hydroxyl groups is 1. The van der Waals surface area contributed by atoms with Crippen LogP contribution < -0.4 is 4.90 Å². The topological polar surface area (TPSA) is 126 Å². The van der Waals surface area contributed by atoms with Gasteiger partial charge in [-0.1, -0.05) is 42.5 Å². The number of aromatic nitrogens is 4. The number of hydrogen-bond acceptors (Lipinski definition) is 7. The van der Waals surface area contributed by atoms with Crippen molar-refractivity contribution in [1.82, 2.24) is 19.7 Å². The van der Waals surface area contributed by atoms with Crippen molar-refractivity contribution >= 4 is 39.9 Å². The number of methoxy groups -OCH3 is 1. The van der Waals surface area contributed by atoms with E-state index in [1.54, 1.807) is 23.1 Å². The Balaban J connectivity index is 1.43. The Morgan fingerprint density at radius 2 is 1.92 bits per heavy atom. The number of carbonyl (C=O) groups excluding carboxylic acids is 2. The lowest BCUT2D eigenvalue weighted by Gasteiger charge is -2.17. The molecule has 0 unspecified atom stereocenters. The summed E-state index contributed by atoms with van der Waals surface area (Å²) < 4.78 is 6.34. The summed E-state index contributed by atoms with van der Waals surface area (Å²) in [7, 11) is 1.32. The van der Waals surface area contributed by atoms with Crippen molar-refractivity contribution in [2.75, 3.05) is 18.6 Å². The molecule has 10 nitrogen and oxygen atoms in total. The van der Waals surface area contributed by atoms with E-state index in [2.05, 4.69) is 15.1 Å². The Bertz CT molecular complexity index is 1720. The second kappa shape index (κ2) is 9.90. The zero-order valence-corrected chi connectivity index (χ0v) is 21.0. The van der Waals surface area contributed by atoms with Gasteiger partial charge in [0.1, 0.15) is 19.2 Å². The number of ether oxygens (including phenoxy) is 1. The molecule has 3 heterocycles. The SMILES string of the molecule is COC(=O)c1ccc2c(C(=Nc3ccc4c(c3)N(C(=O)Cn3cncn3)CC4)c3ccccc3)c(O)[nH]c2c1. The highest BCUT2D eigenvalue weighted by molar-refractivity contribution is 6.22. The quantitative estimate of drug-likeness (QED) is 0.257. The third kappa shape index (κ3) is 4.52. The predicted octanol–water partition coefficient (Wildman–Crippen LogP) is 4.01. The molecule has 0 atom stereocenters. The van der Waals surface area contributed by atoms with Crippen LogP contribution in [0.25, 0.3) is 10.9 Å². The predicted molar refractivity (Wildman–Crippen MR) is 146 cm³/mol. The van der Waals surface area contributed by atoms with Gasteiger partial charge in [-0.2, -0.15) is 5.10 Å². The van der Waals surface area contributed by atoms with Gasteiger partial charge in [0, 0.05) is 28.7 Å². The fourth-order valence-electron chi connectivity index (χ4n) is 4.89. The Hall–Kier alpha value is -5.25. The van der Waals surface area contributed by atoms with Crippen LogP contribution in [0, 0.1) is 0 Å². The maximum Gasteiger partial charge on any atom is 0.337 e. The third-order valence-electron chi connectivity index (χ3n) is 6.75. The molecule has 0 radical (unpaired) electrons. The van der Waals surface area contributed by atoms with Crippen LogP contribution >= 0.6 is 0 Å². The largest absolute Gasteiger partial charge is 0.494 e. The minimum Gasteiger partial charge on any atom is -0.494 e. The van der Waals surface area contributed by atoms with Crippen LogP contribution in [0.4, 0.5) is 11.4 Å². The van der Waals surface area contributed by atoms with E-state index in [1.807, 2.05) is 48.5 Å². The molecule has 39 heavy (non-hydrogen) atoms. The molecular formula is C29H24N6O4. The summed E-state index contributed by atoms with van der Waals surface area (Å²) in [6, 6.07) is 20.4. The molecule has 5 aromatic rings. The summed E-state index contributed by atoms with van der Waals surface area (Å²) >= 11 is 0. The maximum atomic E-state index is 13.0. The lowest BCUT2D eigenvalue weighted by molar-refractivity contribution is -0.119. The summed E-state index contributed by atoms with van der Waals surface area (Å²) in [6.45, 7) is 0.673. The smallest absolute Gasteiger partial charge is 0.337 e.